The lowest BCUT2D eigenvalue weighted by Crippen LogP contribution is -1.96. The van der Waals surface area contributed by atoms with Crippen LogP contribution >= 0.6 is 23.2 Å². The van der Waals surface area contributed by atoms with Gasteiger partial charge in [-0.05, 0) is 55.0 Å². The highest BCUT2D eigenvalue weighted by atomic mass is 35.5. The van der Waals surface area contributed by atoms with Crippen molar-refractivity contribution in [3.63, 3.8) is 0 Å². The predicted molar refractivity (Wildman–Crippen MR) is 103 cm³/mol. The van der Waals surface area contributed by atoms with E-state index in [1.165, 1.54) is 19.2 Å². The van der Waals surface area contributed by atoms with E-state index < -0.39 is 0 Å². The third-order valence-electron chi connectivity index (χ3n) is 3.56. The van der Waals surface area contributed by atoms with Crippen LogP contribution in [-0.4, -0.2) is 23.9 Å². The molecule has 0 aliphatic carbocycles. The molecule has 0 aliphatic rings. The zero-order valence-corrected chi connectivity index (χ0v) is 16.0. The van der Waals surface area contributed by atoms with Gasteiger partial charge in [0.05, 0.1) is 18.7 Å². The topological polar surface area (TPSA) is 57.4 Å². The van der Waals surface area contributed by atoms with E-state index >= 15 is 0 Å². The summed E-state index contributed by atoms with van der Waals surface area (Å²) in [6.45, 7) is 2.32. The summed E-state index contributed by atoms with van der Waals surface area (Å²) in [4.78, 5) is 4.23. The lowest BCUT2D eigenvalue weighted by atomic mass is 10.2. The highest BCUT2D eigenvalue weighted by molar-refractivity contribution is 6.50. The molecule has 1 aromatic heterocycles. The van der Waals surface area contributed by atoms with Gasteiger partial charge in [-0.15, -0.1) is 0 Å². The average Bonchev–Trinajstić information content (AvgIpc) is 3.13. The van der Waals surface area contributed by atoms with Crippen LogP contribution in [-0.2, 0) is 0 Å². The molecule has 0 fully saturated rings. The minimum atomic E-state index is -0.345. The molecule has 0 atom stereocenters. The van der Waals surface area contributed by atoms with Gasteiger partial charge in [-0.1, -0.05) is 28.4 Å². The molecule has 8 heteroatoms. The van der Waals surface area contributed by atoms with Crippen molar-refractivity contribution in [1.29, 1.82) is 0 Å². The van der Waals surface area contributed by atoms with Crippen molar-refractivity contribution in [2.75, 3.05) is 13.7 Å². The fourth-order valence-corrected chi connectivity index (χ4v) is 2.88. The van der Waals surface area contributed by atoms with E-state index in [2.05, 4.69) is 10.1 Å². The summed E-state index contributed by atoms with van der Waals surface area (Å²) in [7, 11) is 1.52. The third-order valence-corrected chi connectivity index (χ3v) is 4.11. The second-order valence-corrected chi connectivity index (χ2v) is 6.20. The van der Waals surface area contributed by atoms with E-state index in [0.29, 0.717) is 40.1 Å². The zero-order valence-electron chi connectivity index (χ0n) is 14.5. The van der Waals surface area contributed by atoms with E-state index in [0.717, 1.165) is 0 Å². The zero-order chi connectivity index (χ0) is 19.4. The molecule has 5 nitrogen and oxygen atoms in total. The fraction of sp³-hybridized carbons (Fsp3) is 0.158. The highest BCUT2D eigenvalue weighted by Crippen LogP contribution is 2.37. The molecule has 0 saturated heterocycles. The van der Waals surface area contributed by atoms with Gasteiger partial charge in [0.15, 0.2) is 11.5 Å². The smallest absolute Gasteiger partial charge is 0.269 e. The van der Waals surface area contributed by atoms with Gasteiger partial charge in [-0.25, -0.2) is 4.39 Å². The SMILES string of the molecule is CCOc1cc(/C=C(\Cl)c2nc(-c3ccc(F)cc3)no2)cc(Cl)c1OC. The Balaban J connectivity index is 1.90. The van der Waals surface area contributed by atoms with Crippen LogP contribution in [0.3, 0.4) is 0 Å². The van der Waals surface area contributed by atoms with Gasteiger partial charge in [-0.3, -0.25) is 0 Å². The first kappa shape index (κ1) is 19.2. The van der Waals surface area contributed by atoms with Gasteiger partial charge in [0.2, 0.25) is 5.82 Å². The van der Waals surface area contributed by atoms with Gasteiger partial charge in [0, 0.05) is 5.56 Å². The lowest BCUT2D eigenvalue weighted by Gasteiger charge is -2.11. The number of methoxy groups -OCH3 is 1. The quantitative estimate of drug-likeness (QED) is 0.525. The molecule has 27 heavy (non-hydrogen) atoms. The molecule has 0 spiro atoms. The van der Waals surface area contributed by atoms with Crippen LogP contribution in [0.4, 0.5) is 4.39 Å². The van der Waals surface area contributed by atoms with Crippen LogP contribution < -0.4 is 9.47 Å². The maximum Gasteiger partial charge on any atom is 0.269 e. The van der Waals surface area contributed by atoms with Crippen molar-refractivity contribution in [3.8, 4) is 22.9 Å². The number of hydrogen-bond acceptors (Lipinski definition) is 5. The average molecular weight is 409 g/mol. The van der Waals surface area contributed by atoms with E-state index in [1.54, 1.807) is 30.3 Å². The molecule has 0 unspecified atom stereocenters. The molecule has 140 valence electrons. The van der Waals surface area contributed by atoms with Crippen LogP contribution in [0.5, 0.6) is 11.5 Å². The maximum absolute atomic E-state index is 13.0. The van der Waals surface area contributed by atoms with Gasteiger partial charge in [0.25, 0.3) is 5.89 Å². The summed E-state index contributed by atoms with van der Waals surface area (Å²) >= 11 is 12.5. The van der Waals surface area contributed by atoms with Crippen molar-refractivity contribution in [2.24, 2.45) is 0 Å². The Bertz CT molecular complexity index is 972. The second-order valence-electron chi connectivity index (χ2n) is 5.39. The molecule has 3 rings (SSSR count). The van der Waals surface area contributed by atoms with Gasteiger partial charge in [-0.2, -0.15) is 4.98 Å². The highest BCUT2D eigenvalue weighted by Gasteiger charge is 2.14. The van der Waals surface area contributed by atoms with E-state index in [1.807, 2.05) is 6.92 Å². The van der Waals surface area contributed by atoms with Crippen LogP contribution in [0.2, 0.25) is 5.02 Å². The molecule has 3 aromatic rings. The Morgan fingerprint density at radius 3 is 2.67 bits per heavy atom. The first-order chi connectivity index (χ1) is 13.0. The Kier molecular flexibility index (Phi) is 5.98. The summed E-state index contributed by atoms with van der Waals surface area (Å²) in [5.41, 5.74) is 1.29. The molecule has 0 radical (unpaired) electrons. The maximum atomic E-state index is 13.0. The molecule has 0 amide bonds. The Morgan fingerprint density at radius 1 is 1.26 bits per heavy atom. The molecule has 0 saturated carbocycles. The summed E-state index contributed by atoms with van der Waals surface area (Å²) in [5, 5.41) is 4.47. The predicted octanol–water partition coefficient (Wildman–Crippen LogP) is 5.67. The number of aromatic nitrogens is 2. The minimum Gasteiger partial charge on any atom is -0.491 e. The summed E-state index contributed by atoms with van der Waals surface area (Å²) < 4.78 is 29.0. The molecule has 2 aromatic carbocycles. The molecular formula is C19H15Cl2FN2O3. The van der Waals surface area contributed by atoms with Crippen molar-refractivity contribution < 1.29 is 18.4 Å². The Morgan fingerprint density at radius 2 is 2.00 bits per heavy atom. The van der Waals surface area contributed by atoms with Crippen LogP contribution in [0, 0.1) is 5.82 Å². The monoisotopic (exact) mass is 408 g/mol. The third kappa shape index (κ3) is 4.40. The fourth-order valence-electron chi connectivity index (χ4n) is 2.38. The summed E-state index contributed by atoms with van der Waals surface area (Å²) in [5.74, 6) is 1.03. The number of benzene rings is 2. The summed E-state index contributed by atoms with van der Waals surface area (Å²) in [6.07, 6.45) is 1.62. The largest absolute Gasteiger partial charge is 0.491 e. The molecule has 1 heterocycles. The van der Waals surface area contributed by atoms with Crippen LogP contribution in [0.25, 0.3) is 22.5 Å². The van der Waals surface area contributed by atoms with Crippen LogP contribution in [0.1, 0.15) is 18.4 Å². The van der Waals surface area contributed by atoms with Gasteiger partial charge < -0.3 is 14.0 Å². The number of rotatable bonds is 6. The number of nitrogens with zero attached hydrogens (tertiary/aromatic N) is 2. The summed E-state index contributed by atoms with van der Waals surface area (Å²) in [6, 6.07) is 9.17. The normalized spacial score (nSPS) is 11.5. The molecular weight excluding hydrogens is 394 g/mol. The van der Waals surface area contributed by atoms with Crippen molar-refractivity contribution in [2.45, 2.75) is 6.92 Å². The van der Waals surface area contributed by atoms with E-state index in [4.69, 9.17) is 37.2 Å². The van der Waals surface area contributed by atoms with Crippen molar-refractivity contribution >= 4 is 34.3 Å². The molecule has 0 N–H and O–H groups in total. The number of halogens is 3. The van der Waals surface area contributed by atoms with E-state index in [-0.39, 0.29) is 16.7 Å². The molecule has 0 aliphatic heterocycles. The van der Waals surface area contributed by atoms with Crippen molar-refractivity contribution in [1.82, 2.24) is 10.1 Å². The first-order valence-electron chi connectivity index (χ1n) is 7.99. The van der Waals surface area contributed by atoms with Gasteiger partial charge in [0.1, 0.15) is 10.8 Å². The lowest BCUT2D eigenvalue weighted by molar-refractivity contribution is 0.311. The Labute approximate surface area is 165 Å². The molecule has 0 bridgehead atoms. The first-order valence-corrected chi connectivity index (χ1v) is 8.75. The Hall–Kier alpha value is -2.57. The van der Waals surface area contributed by atoms with Crippen LogP contribution in [0.15, 0.2) is 40.9 Å². The standard InChI is InChI=1S/C19H15Cl2FN2O3/c1-3-26-16-10-11(8-14(20)17(16)25-2)9-15(21)19-23-18(24-27-19)12-4-6-13(22)7-5-12/h4-10H,3H2,1-2H3/b15-9-. The minimum absolute atomic E-state index is 0.126. The number of ether oxygens (including phenoxy) is 2. The van der Waals surface area contributed by atoms with Crippen molar-refractivity contribution in [3.05, 3.63) is 58.7 Å². The number of hydrogen-bond donors (Lipinski definition) is 0. The van der Waals surface area contributed by atoms with Gasteiger partial charge >= 0.3 is 0 Å². The second kappa shape index (κ2) is 8.41. The van der Waals surface area contributed by atoms with E-state index in [9.17, 15) is 4.39 Å².